The molecule has 23 heavy (non-hydrogen) atoms. The molecule has 0 aliphatic carbocycles. The highest BCUT2D eigenvalue weighted by molar-refractivity contribution is 7.11. The molecule has 0 aromatic carbocycles. The summed E-state index contributed by atoms with van der Waals surface area (Å²) >= 11 is 1.58. The van der Waals surface area contributed by atoms with E-state index in [1.54, 1.807) is 11.3 Å². The molecule has 2 fully saturated rings. The Balaban J connectivity index is 1.55. The average molecular weight is 337 g/mol. The van der Waals surface area contributed by atoms with Crippen LogP contribution in [0.15, 0.2) is 0 Å². The van der Waals surface area contributed by atoms with Crippen molar-refractivity contribution in [3.05, 3.63) is 10.0 Å². The van der Waals surface area contributed by atoms with Crippen LogP contribution in [0.5, 0.6) is 0 Å². The van der Waals surface area contributed by atoms with Crippen molar-refractivity contribution in [3.63, 3.8) is 0 Å². The van der Waals surface area contributed by atoms with Crippen molar-refractivity contribution in [1.29, 1.82) is 0 Å². The maximum atomic E-state index is 12.5. The largest absolute Gasteiger partial charge is 0.331 e. The minimum absolute atomic E-state index is 0.00718. The van der Waals surface area contributed by atoms with Gasteiger partial charge < -0.3 is 10.2 Å². The molecule has 3 rings (SSSR count). The van der Waals surface area contributed by atoms with Gasteiger partial charge >= 0.3 is 6.03 Å². The Morgan fingerprint density at radius 3 is 2.83 bits per heavy atom. The van der Waals surface area contributed by atoms with Gasteiger partial charge in [0.15, 0.2) is 0 Å². The fraction of sp³-hybridized carbons (Fsp3) is 0.812. The minimum Gasteiger partial charge on any atom is -0.331 e. The summed E-state index contributed by atoms with van der Waals surface area (Å²) < 4.78 is 0. The standard InChI is InChI=1S/C16H27N5OS/c1-11-9-20-7-5-6-12(20)10-21(11)15(22)17-8-13-18-19-14(23-13)16(2,3)4/h11-12H,5-10H2,1-4H3,(H,17,22)/t11-,12+/m0/s1. The van der Waals surface area contributed by atoms with E-state index in [4.69, 9.17) is 0 Å². The molecular weight excluding hydrogens is 310 g/mol. The van der Waals surface area contributed by atoms with E-state index in [0.29, 0.717) is 12.6 Å². The molecule has 128 valence electrons. The molecular formula is C16H27N5OS. The molecule has 2 aliphatic heterocycles. The van der Waals surface area contributed by atoms with Crippen LogP contribution in [0.1, 0.15) is 50.6 Å². The molecule has 0 bridgehead atoms. The second kappa shape index (κ2) is 6.36. The minimum atomic E-state index is 0.00718. The lowest BCUT2D eigenvalue weighted by Gasteiger charge is -2.42. The number of fused-ring (bicyclic) bond motifs is 1. The van der Waals surface area contributed by atoms with Crippen molar-refractivity contribution in [2.45, 2.75) is 64.6 Å². The molecule has 2 saturated heterocycles. The van der Waals surface area contributed by atoms with Crippen molar-refractivity contribution in [3.8, 4) is 0 Å². The molecule has 7 heteroatoms. The Bertz CT molecular complexity index is 567. The molecule has 0 saturated carbocycles. The summed E-state index contributed by atoms with van der Waals surface area (Å²) in [6, 6.07) is 0.839. The second-order valence-electron chi connectivity index (χ2n) is 7.70. The summed E-state index contributed by atoms with van der Waals surface area (Å²) in [4.78, 5) is 17.0. The molecule has 3 heterocycles. The Morgan fingerprint density at radius 1 is 1.35 bits per heavy atom. The molecule has 2 aliphatic rings. The van der Waals surface area contributed by atoms with E-state index in [-0.39, 0.29) is 17.5 Å². The number of carbonyl (C=O) groups is 1. The third-order valence-corrected chi connectivity index (χ3v) is 6.05. The van der Waals surface area contributed by atoms with Crippen LogP contribution >= 0.6 is 11.3 Å². The average Bonchev–Trinajstić information content (AvgIpc) is 3.11. The number of amides is 2. The number of carbonyl (C=O) groups excluding carboxylic acids is 1. The summed E-state index contributed by atoms with van der Waals surface area (Å²) in [6.45, 7) is 12.0. The predicted molar refractivity (Wildman–Crippen MR) is 91.6 cm³/mol. The van der Waals surface area contributed by atoms with Crippen LogP contribution < -0.4 is 5.32 Å². The summed E-state index contributed by atoms with van der Waals surface area (Å²) in [6.07, 6.45) is 2.47. The van der Waals surface area contributed by atoms with E-state index in [1.165, 1.54) is 19.4 Å². The normalized spacial score (nSPS) is 25.5. The predicted octanol–water partition coefficient (Wildman–Crippen LogP) is 2.21. The lowest BCUT2D eigenvalue weighted by Crippen LogP contribution is -2.58. The molecule has 0 unspecified atom stereocenters. The first kappa shape index (κ1) is 16.6. The van der Waals surface area contributed by atoms with E-state index in [9.17, 15) is 4.79 Å². The number of aromatic nitrogens is 2. The number of urea groups is 1. The van der Waals surface area contributed by atoms with Gasteiger partial charge in [0.2, 0.25) is 0 Å². The van der Waals surface area contributed by atoms with Crippen molar-refractivity contribution in [1.82, 2.24) is 25.3 Å². The van der Waals surface area contributed by atoms with Gasteiger partial charge in [-0.1, -0.05) is 32.1 Å². The molecule has 1 aromatic heterocycles. The van der Waals surface area contributed by atoms with Crippen molar-refractivity contribution < 1.29 is 4.79 Å². The highest BCUT2D eigenvalue weighted by Crippen LogP contribution is 2.26. The van der Waals surface area contributed by atoms with Gasteiger partial charge in [-0.3, -0.25) is 4.90 Å². The lowest BCUT2D eigenvalue weighted by atomic mass is 9.98. The molecule has 2 atom stereocenters. The summed E-state index contributed by atoms with van der Waals surface area (Å²) in [7, 11) is 0. The van der Waals surface area contributed by atoms with E-state index in [1.807, 2.05) is 4.90 Å². The number of piperazine rings is 1. The van der Waals surface area contributed by atoms with E-state index in [0.717, 1.165) is 23.1 Å². The van der Waals surface area contributed by atoms with Gasteiger partial charge in [-0.25, -0.2) is 4.79 Å². The first-order valence-electron chi connectivity index (χ1n) is 8.46. The third kappa shape index (κ3) is 3.66. The number of hydrogen-bond acceptors (Lipinski definition) is 5. The van der Waals surface area contributed by atoms with E-state index < -0.39 is 0 Å². The van der Waals surface area contributed by atoms with Gasteiger partial charge in [-0.2, -0.15) is 0 Å². The molecule has 0 radical (unpaired) electrons. The highest BCUT2D eigenvalue weighted by Gasteiger charge is 2.36. The Labute approximate surface area is 142 Å². The summed E-state index contributed by atoms with van der Waals surface area (Å²) in [5.74, 6) is 0. The smallest absolute Gasteiger partial charge is 0.318 e. The molecule has 2 amide bonds. The van der Waals surface area contributed by atoms with Gasteiger partial charge in [0.1, 0.15) is 10.0 Å². The van der Waals surface area contributed by atoms with Gasteiger partial charge in [-0.15, -0.1) is 10.2 Å². The lowest BCUT2D eigenvalue weighted by molar-refractivity contribution is 0.0802. The van der Waals surface area contributed by atoms with Gasteiger partial charge in [-0.05, 0) is 26.3 Å². The van der Waals surface area contributed by atoms with Gasteiger partial charge in [0, 0.05) is 30.6 Å². The summed E-state index contributed by atoms with van der Waals surface area (Å²) in [5.41, 5.74) is 0.00718. The second-order valence-corrected chi connectivity index (χ2v) is 8.76. The van der Waals surface area contributed by atoms with Crippen LogP contribution in [0, 0.1) is 0 Å². The zero-order valence-corrected chi connectivity index (χ0v) is 15.3. The third-order valence-electron chi connectivity index (χ3n) is 4.70. The number of nitrogens with zero attached hydrogens (tertiary/aromatic N) is 4. The first-order chi connectivity index (χ1) is 10.8. The van der Waals surface area contributed by atoms with Gasteiger partial charge in [0.25, 0.3) is 0 Å². The van der Waals surface area contributed by atoms with Crippen molar-refractivity contribution >= 4 is 17.4 Å². The maximum absolute atomic E-state index is 12.5. The van der Waals surface area contributed by atoms with E-state index >= 15 is 0 Å². The monoisotopic (exact) mass is 337 g/mol. The van der Waals surface area contributed by atoms with Crippen molar-refractivity contribution in [2.75, 3.05) is 19.6 Å². The molecule has 1 N–H and O–H groups in total. The van der Waals surface area contributed by atoms with Crippen LogP contribution in [-0.4, -0.2) is 57.7 Å². The van der Waals surface area contributed by atoms with Gasteiger partial charge in [0.05, 0.1) is 6.54 Å². The molecule has 1 aromatic rings. The number of hydrogen-bond donors (Lipinski definition) is 1. The highest BCUT2D eigenvalue weighted by atomic mass is 32.1. The quantitative estimate of drug-likeness (QED) is 0.899. The van der Waals surface area contributed by atoms with Crippen LogP contribution in [0.3, 0.4) is 0 Å². The van der Waals surface area contributed by atoms with Crippen molar-refractivity contribution in [2.24, 2.45) is 0 Å². The van der Waals surface area contributed by atoms with Crippen LogP contribution in [0.25, 0.3) is 0 Å². The Morgan fingerprint density at radius 2 is 2.13 bits per heavy atom. The van der Waals surface area contributed by atoms with E-state index in [2.05, 4.69) is 48.1 Å². The Kier molecular flexibility index (Phi) is 4.60. The Hall–Kier alpha value is -1.21. The number of nitrogens with one attached hydrogen (secondary N) is 1. The molecule has 6 nitrogen and oxygen atoms in total. The van der Waals surface area contributed by atoms with Crippen LogP contribution in [0.2, 0.25) is 0 Å². The zero-order valence-electron chi connectivity index (χ0n) is 14.5. The fourth-order valence-corrected chi connectivity index (χ4v) is 4.19. The van der Waals surface area contributed by atoms with Crippen LogP contribution in [0.4, 0.5) is 4.79 Å². The summed E-state index contributed by atoms with van der Waals surface area (Å²) in [5, 5.41) is 13.3. The molecule has 0 spiro atoms. The van der Waals surface area contributed by atoms with Crippen LogP contribution in [-0.2, 0) is 12.0 Å². The zero-order chi connectivity index (χ0) is 16.6. The fourth-order valence-electron chi connectivity index (χ4n) is 3.35. The SMILES string of the molecule is C[C@H]1CN2CCC[C@@H]2CN1C(=O)NCc1nnc(C(C)(C)C)s1. The maximum Gasteiger partial charge on any atom is 0.318 e. The number of rotatable bonds is 2. The topological polar surface area (TPSA) is 61.4 Å². The first-order valence-corrected chi connectivity index (χ1v) is 9.27.